The molecular formula is C26H34N6O. The molecule has 5 N–H and O–H groups in total. The Labute approximate surface area is 196 Å². The number of likely N-dealkylation sites (tertiary alicyclic amines) is 1. The van der Waals surface area contributed by atoms with Crippen LogP contribution in [0.2, 0.25) is 0 Å². The molecule has 33 heavy (non-hydrogen) atoms. The van der Waals surface area contributed by atoms with Gasteiger partial charge >= 0.3 is 0 Å². The Morgan fingerprint density at radius 3 is 2.58 bits per heavy atom. The van der Waals surface area contributed by atoms with Gasteiger partial charge in [0.05, 0.1) is 11.4 Å². The minimum absolute atomic E-state index is 0.447. The van der Waals surface area contributed by atoms with E-state index < -0.39 is 0 Å². The number of benzene rings is 2. The third-order valence-corrected chi connectivity index (χ3v) is 6.67. The van der Waals surface area contributed by atoms with Gasteiger partial charge in [-0.1, -0.05) is 42.5 Å². The van der Waals surface area contributed by atoms with E-state index in [0.29, 0.717) is 23.8 Å². The fraction of sp³-hybridized carbons (Fsp3) is 0.346. The number of carbonyl (C=O) groups is 1. The van der Waals surface area contributed by atoms with Crippen LogP contribution < -0.4 is 22.0 Å². The topological polar surface area (TPSA) is 90.9 Å². The van der Waals surface area contributed by atoms with Gasteiger partial charge in [-0.15, -0.1) is 0 Å². The van der Waals surface area contributed by atoms with Crippen LogP contribution in [0.5, 0.6) is 0 Å². The molecule has 2 aliphatic heterocycles. The van der Waals surface area contributed by atoms with Gasteiger partial charge in [-0.2, -0.15) is 0 Å². The number of hydrogen-bond acceptors (Lipinski definition) is 7. The fourth-order valence-corrected chi connectivity index (χ4v) is 4.72. The van der Waals surface area contributed by atoms with Crippen molar-refractivity contribution in [3.8, 4) is 0 Å². The second-order valence-electron chi connectivity index (χ2n) is 8.92. The lowest BCUT2D eigenvalue weighted by Gasteiger charge is -2.38. The van der Waals surface area contributed by atoms with Crippen molar-refractivity contribution in [3.63, 3.8) is 0 Å². The molecule has 0 saturated carbocycles. The zero-order valence-corrected chi connectivity index (χ0v) is 19.5. The fourth-order valence-electron chi connectivity index (χ4n) is 4.72. The van der Waals surface area contributed by atoms with E-state index >= 15 is 0 Å². The van der Waals surface area contributed by atoms with Crippen molar-refractivity contribution >= 4 is 12.0 Å². The Morgan fingerprint density at radius 1 is 1.15 bits per heavy atom. The molecule has 2 heterocycles. The first-order valence-corrected chi connectivity index (χ1v) is 11.5. The first kappa shape index (κ1) is 23.0. The molecule has 0 spiro atoms. The number of nitrogens with one attached hydrogen (secondary N) is 1. The molecule has 2 aromatic carbocycles. The highest BCUT2D eigenvalue weighted by atomic mass is 16.1. The highest BCUT2D eigenvalue weighted by Gasteiger charge is 2.30. The first-order valence-electron chi connectivity index (χ1n) is 11.5. The monoisotopic (exact) mass is 446 g/mol. The molecule has 2 aliphatic rings. The standard InChI is InChI=1S/C26H34N6O/c1-19-8-9-22(18-33)14-26(19)31(28)17-25(27)24-15-29-32(20(24)2)23-10-12-30(13-11-23)16-21-6-4-3-5-7-21/h3-9,14,17-18,23,29H,10-13,15-16,27-28H2,1-2H3/b25-17-. The Morgan fingerprint density at radius 2 is 1.88 bits per heavy atom. The van der Waals surface area contributed by atoms with Crippen molar-refractivity contribution in [2.45, 2.75) is 39.3 Å². The molecule has 174 valence electrons. The van der Waals surface area contributed by atoms with Gasteiger partial charge in [0, 0.05) is 55.3 Å². The zero-order valence-electron chi connectivity index (χ0n) is 19.5. The van der Waals surface area contributed by atoms with Crippen molar-refractivity contribution in [3.05, 3.63) is 88.4 Å². The predicted molar refractivity (Wildman–Crippen MR) is 133 cm³/mol. The van der Waals surface area contributed by atoms with Gasteiger partial charge in [-0.3, -0.25) is 14.7 Å². The number of allylic oxidation sites excluding steroid dienone is 1. The van der Waals surface area contributed by atoms with E-state index in [0.717, 1.165) is 61.3 Å². The summed E-state index contributed by atoms with van der Waals surface area (Å²) in [6.07, 6.45) is 4.77. The lowest BCUT2D eigenvalue weighted by atomic mass is 10.0. The van der Waals surface area contributed by atoms with Gasteiger partial charge in [0.2, 0.25) is 0 Å². The minimum Gasteiger partial charge on any atom is -0.397 e. The van der Waals surface area contributed by atoms with Crippen LogP contribution in [-0.2, 0) is 6.54 Å². The van der Waals surface area contributed by atoms with E-state index in [1.54, 1.807) is 18.3 Å². The normalized spacial score (nSPS) is 18.2. The molecule has 0 aromatic heterocycles. The average Bonchev–Trinajstić information content (AvgIpc) is 3.22. The molecule has 7 nitrogen and oxygen atoms in total. The highest BCUT2D eigenvalue weighted by molar-refractivity contribution is 5.78. The maximum atomic E-state index is 11.1. The molecule has 1 saturated heterocycles. The van der Waals surface area contributed by atoms with Gasteiger partial charge in [-0.05, 0) is 43.9 Å². The number of rotatable bonds is 7. The summed E-state index contributed by atoms with van der Waals surface area (Å²) in [5.74, 6) is 6.29. The number of hydrazine groups is 2. The molecular weight excluding hydrogens is 412 g/mol. The van der Waals surface area contributed by atoms with Gasteiger partial charge in [0.25, 0.3) is 0 Å². The van der Waals surface area contributed by atoms with Crippen molar-refractivity contribution in [1.82, 2.24) is 15.3 Å². The van der Waals surface area contributed by atoms with Crippen LogP contribution in [0, 0.1) is 6.92 Å². The van der Waals surface area contributed by atoms with E-state index in [1.165, 1.54) is 10.6 Å². The number of carbonyl (C=O) groups excluding carboxylic acids is 1. The Balaban J connectivity index is 1.40. The van der Waals surface area contributed by atoms with E-state index in [1.807, 2.05) is 13.0 Å². The first-order chi connectivity index (χ1) is 16.0. The molecule has 0 unspecified atom stereocenters. The summed E-state index contributed by atoms with van der Waals surface area (Å²) in [4.78, 5) is 13.7. The maximum absolute atomic E-state index is 11.1. The second-order valence-corrected chi connectivity index (χ2v) is 8.92. The Bertz CT molecular complexity index is 1040. The lowest BCUT2D eigenvalue weighted by molar-refractivity contribution is 0.106. The van der Waals surface area contributed by atoms with Crippen LogP contribution in [0.3, 0.4) is 0 Å². The molecule has 0 aliphatic carbocycles. The van der Waals surface area contributed by atoms with Gasteiger partial charge in [0.1, 0.15) is 6.29 Å². The number of piperidine rings is 1. The van der Waals surface area contributed by atoms with Crippen LogP contribution in [-0.4, -0.2) is 41.9 Å². The smallest absolute Gasteiger partial charge is 0.150 e. The summed E-state index contributed by atoms with van der Waals surface area (Å²) < 4.78 is 0. The summed E-state index contributed by atoms with van der Waals surface area (Å²) in [6.45, 7) is 7.92. The average molecular weight is 447 g/mol. The van der Waals surface area contributed by atoms with E-state index in [2.05, 4.69) is 52.6 Å². The molecule has 0 atom stereocenters. The predicted octanol–water partition coefficient (Wildman–Crippen LogP) is 3.05. The summed E-state index contributed by atoms with van der Waals surface area (Å²) in [6, 6.07) is 16.5. The van der Waals surface area contributed by atoms with Crippen LogP contribution in [0.4, 0.5) is 5.69 Å². The molecule has 1 fully saturated rings. The van der Waals surface area contributed by atoms with Gasteiger partial charge < -0.3 is 10.7 Å². The number of nitrogens with two attached hydrogens (primary N) is 2. The molecule has 7 heteroatoms. The maximum Gasteiger partial charge on any atom is 0.150 e. The third-order valence-electron chi connectivity index (χ3n) is 6.67. The van der Waals surface area contributed by atoms with Crippen molar-refractivity contribution < 1.29 is 4.79 Å². The van der Waals surface area contributed by atoms with Crippen LogP contribution in [0.25, 0.3) is 0 Å². The van der Waals surface area contributed by atoms with Crippen molar-refractivity contribution in [2.75, 3.05) is 24.6 Å². The van der Waals surface area contributed by atoms with E-state index in [9.17, 15) is 4.79 Å². The van der Waals surface area contributed by atoms with E-state index in [-0.39, 0.29) is 0 Å². The summed E-state index contributed by atoms with van der Waals surface area (Å²) in [5.41, 5.74) is 16.5. The summed E-state index contributed by atoms with van der Waals surface area (Å²) in [7, 11) is 0. The number of aldehydes is 1. The third kappa shape index (κ3) is 5.27. The van der Waals surface area contributed by atoms with Crippen LogP contribution in [0.1, 0.15) is 41.3 Å². The second kappa shape index (κ2) is 10.2. The number of nitrogens with zero attached hydrogens (tertiary/aromatic N) is 3. The van der Waals surface area contributed by atoms with Gasteiger partial charge in [-0.25, -0.2) is 11.3 Å². The molecule has 4 rings (SSSR count). The number of aryl methyl sites for hydroxylation is 1. The Hall–Kier alpha value is -3.13. The highest BCUT2D eigenvalue weighted by Crippen LogP contribution is 2.27. The zero-order chi connectivity index (χ0) is 23.4. The number of anilines is 1. The SMILES string of the molecule is CC1=C(/C(N)=C/N(N)c2cc(C=O)ccc2C)CNN1C1CCN(Cc2ccccc2)CC1. The van der Waals surface area contributed by atoms with E-state index in [4.69, 9.17) is 11.6 Å². The minimum atomic E-state index is 0.447. The van der Waals surface area contributed by atoms with Crippen LogP contribution in [0.15, 0.2) is 71.7 Å². The van der Waals surface area contributed by atoms with Crippen LogP contribution >= 0.6 is 0 Å². The molecule has 2 aromatic rings. The molecule has 0 radical (unpaired) electrons. The molecule has 0 bridgehead atoms. The Kier molecular flexibility index (Phi) is 7.13. The van der Waals surface area contributed by atoms with Gasteiger partial charge in [0.15, 0.2) is 0 Å². The lowest BCUT2D eigenvalue weighted by Crippen LogP contribution is -2.47. The van der Waals surface area contributed by atoms with Crippen molar-refractivity contribution in [2.24, 2.45) is 11.6 Å². The largest absolute Gasteiger partial charge is 0.397 e. The number of hydrogen-bond donors (Lipinski definition) is 3. The summed E-state index contributed by atoms with van der Waals surface area (Å²) in [5, 5.41) is 3.79. The summed E-state index contributed by atoms with van der Waals surface area (Å²) >= 11 is 0. The van der Waals surface area contributed by atoms with Crippen molar-refractivity contribution in [1.29, 1.82) is 0 Å². The quantitative estimate of drug-likeness (QED) is 0.342. The molecule has 0 amide bonds.